The van der Waals surface area contributed by atoms with Gasteiger partial charge in [-0.3, -0.25) is 0 Å². The van der Waals surface area contributed by atoms with Gasteiger partial charge in [0.05, 0.1) is 72.2 Å². The van der Waals surface area contributed by atoms with Crippen LogP contribution in [0.15, 0.2) is 0 Å². The van der Waals surface area contributed by atoms with Crippen LogP contribution in [0.3, 0.4) is 0 Å². The zero-order valence-corrected chi connectivity index (χ0v) is 27.8. The lowest BCUT2D eigenvalue weighted by molar-refractivity contribution is -0.0280. The van der Waals surface area contributed by atoms with Gasteiger partial charge in [0.25, 0.3) is 0 Å². The SMILES string of the molecule is CCO[Si](CCCS)(OCC)OCCOCCOCCOCCOCCOC1CCCCCCCCCCCC1. The summed E-state index contributed by atoms with van der Waals surface area (Å²) in [5.41, 5.74) is 0. The summed E-state index contributed by atoms with van der Waals surface area (Å²) >= 11 is 4.30. The van der Waals surface area contributed by atoms with E-state index in [0.29, 0.717) is 85.4 Å². The molecule has 0 heterocycles. The van der Waals surface area contributed by atoms with Crippen molar-refractivity contribution in [2.75, 3.05) is 85.0 Å². The number of hydrogen-bond acceptors (Lipinski definition) is 9. The molecule has 0 radical (unpaired) electrons. The van der Waals surface area contributed by atoms with Crippen LogP contribution in [0, 0.1) is 0 Å². The molecule has 1 saturated carbocycles. The average Bonchev–Trinajstić information content (AvgIpc) is 2.98. The minimum Gasteiger partial charge on any atom is -0.377 e. The first kappa shape index (κ1) is 38.3. The second-order valence-electron chi connectivity index (χ2n) is 10.3. The van der Waals surface area contributed by atoms with Crippen molar-refractivity contribution in [2.45, 2.75) is 109 Å². The van der Waals surface area contributed by atoms with E-state index in [1.165, 1.54) is 77.0 Å². The Kier molecular flexibility index (Phi) is 28.1. The molecule has 240 valence electrons. The van der Waals surface area contributed by atoms with Crippen LogP contribution >= 0.6 is 12.6 Å². The largest absolute Gasteiger partial charge is 0.501 e. The molecule has 0 spiro atoms. The zero-order valence-electron chi connectivity index (χ0n) is 25.9. The van der Waals surface area contributed by atoms with E-state index >= 15 is 0 Å². The molecule has 0 aromatic carbocycles. The highest BCUT2D eigenvalue weighted by atomic mass is 32.1. The normalized spacial score (nSPS) is 16.9. The van der Waals surface area contributed by atoms with Gasteiger partial charge in [0.15, 0.2) is 0 Å². The maximum absolute atomic E-state index is 6.16. The summed E-state index contributed by atoms with van der Waals surface area (Å²) in [5, 5.41) is 0. The van der Waals surface area contributed by atoms with Crippen LogP contribution < -0.4 is 0 Å². The number of hydrogen-bond donors (Lipinski definition) is 1. The standard InChI is InChI=1S/C30H62O8SSi/c1-3-36-40(37-4-2,29-15-28-39)38-27-25-34-23-21-32-19-18-31-20-22-33-24-26-35-30-16-13-11-9-7-5-6-8-10-12-14-17-30/h30,39H,3-29H2,1-2H3. The van der Waals surface area contributed by atoms with Crippen LogP contribution in [0.1, 0.15) is 97.3 Å². The first-order chi connectivity index (χ1) is 19.8. The first-order valence-corrected chi connectivity index (χ1v) is 18.8. The molecule has 1 aliphatic carbocycles. The minimum absolute atomic E-state index is 0.401. The number of rotatable bonds is 24. The molecule has 0 atom stereocenters. The van der Waals surface area contributed by atoms with E-state index in [2.05, 4.69) is 12.6 Å². The maximum Gasteiger partial charge on any atom is 0.501 e. The van der Waals surface area contributed by atoms with Crippen molar-refractivity contribution in [2.24, 2.45) is 0 Å². The molecule has 0 aromatic rings. The Hall–Kier alpha value is 0.247. The van der Waals surface area contributed by atoms with E-state index in [1.54, 1.807) is 0 Å². The van der Waals surface area contributed by atoms with Gasteiger partial charge >= 0.3 is 8.80 Å². The van der Waals surface area contributed by atoms with E-state index in [1.807, 2.05) is 13.8 Å². The van der Waals surface area contributed by atoms with E-state index in [9.17, 15) is 0 Å². The van der Waals surface area contributed by atoms with Gasteiger partial charge in [-0.2, -0.15) is 12.6 Å². The molecule has 1 fully saturated rings. The van der Waals surface area contributed by atoms with Gasteiger partial charge < -0.3 is 37.0 Å². The lowest BCUT2D eigenvalue weighted by atomic mass is 10.0. The predicted octanol–water partition coefficient (Wildman–Crippen LogP) is 6.48. The fourth-order valence-corrected chi connectivity index (χ4v) is 7.86. The van der Waals surface area contributed by atoms with Gasteiger partial charge in [-0.25, -0.2) is 0 Å². The van der Waals surface area contributed by atoms with Crippen LogP contribution in [-0.4, -0.2) is 99.9 Å². The molecular formula is C30H62O8SSi. The van der Waals surface area contributed by atoms with Crippen molar-refractivity contribution in [3.05, 3.63) is 0 Å². The topological polar surface area (TPSA) is 73.8 Å². The van der Waals surface area contributed by atoms with E-state index in [-0.39, 0.29) is 0 Å². The Labute approximate surface area is 252 Å². The Morgan fingerprint density at radius 3 is 1.35 bits per heavy atom. The fourth-order valence-electron chi connectivity index (χ4n) is 4.84. The average molecular weight is 611 g/mol. The van der Waals surface area contributed by atoms with E-state index in [4.69, 9.17) is 37.0 Å². The number of ether oxygens (including phenoxy) is 5. The van der Waals surface area contributed by atoms with E-state index < -0.39 is 8.80 Å². The molecule has 1 rings (SSSR count). The van der Waals surface area contributed by atoms with Gasteiger partial charge in [0.2, 0.25) is 0 Å². The van der Waals surface area contributed by atoms with Gasteiger partial charge in [0.1, 0.15) is 0 Å². The lowest BCUT2D eigenvalue weighted by Crippen LogP contribution is -2.46. The summed E-state index contributed by atoms with van der Waals surface area (Å²) in [4.78, 5) is 0. The molecule has 10 heteroatoms. The fraction of sp³-hybridized carbons (Fsp3) is 1.00. The Morgan fingerprint density at radius 2 is 0.925 bits per heavy atom. The second-order valence-corrected chi connectivity index (χ2v) is 13.5. The van der Waals surface area contributed by atoms with Gasteiger partial charge in [-0.05, 0) is 38.9 Å². The van der Waals surface area contributed by atoms with Crippen LogP contribution in [-0.2, 0) is 37.0 Å². The third-order valence-electron chi connectivity index (χ3n) is 6.92. The van der Waals surface area contributed by atoms with Crippen molar-refractivity contribution in [1.29, 1.82) is 0 Å². The van der Waals surface area contributed by atoms with Crippen LogP contribution in [0.5, 0.6) is 0 Å². The summed E-state index contributed by atoms with van der Waals surface area (Å²) in [5.74, 6) is 0.790. The van der Waals surface area contributed by atoms with Gasteiger partial charge in [-0.1, -0.05) is 64.2 Å². The molecule has 8 nitrogen and oxygen atoms in total. The molecule has 0 aromatic heterocycles. The molecule has 0 amide bonds. The lowest BCUT2D eigenvalue weighted by Gasteiger charge is -2.28. The maximum atomic E-state index is 6.16. The Balaban J connectivity index is 1.93. The van der Waals surface area contributed by atoms with Crippen molar-refractivity contribution in [3.8, 4) is 0 Å². The van der Waals surface area contributed by atoms with Crippen molar-refractivity contribution >= 4 is 21.4 Å². The van der Waals surface area contributed by atoms with Crippen molar-refractivity contribution in [3.63, 3.8) is 0 Å². The van der Waals surface area contributed by atoms with Crippen LogP contribution in [0.2, 0.25) is 6.04 Å². The smallest absolute Gasteiger partial charge is 0.377 e. The van der Waals surface area contributed by atoms with Gasteiger partial charge in [-0.15, -0.1) is 0 Å². The molecular weight excluding hydrogens is 548 g/mol. The van der Waals surface area contributed by atoms with Gasteiger partial charge in [0, 0.05) is 19.3 Å². The number of thiol groups is 1. The first-order valence-electron chi connectivity index (χ1n) is 16.2. The highest BCUT2D eigenvalue weighted by molar-refractivity contribution is 7.80. The highest BCUT2D eigenvalue weighted by Gasteiger charge is 2.39. The molecule has 0 N–H and O–H groups in total. The summed E-state index contributed by atoms with van der Waals surface area (Å²) in [6.45, 7) is 10.6. The Morgan fingerprint density at radius 1 is 0.525 bits per heavy atom. The second kappa shape index (κ2) is 29.3. The van der Waals surface area contributed by atoms with Crippen LogP contribution in [0.4, 0.5) is 0 Å². The quantitative estimate of drug-likeness (QED) is 0.0756. The zero-order chi connectivity index (χ0) is 28.8. The summed E-state index contributed by atoms with van der Waals surface area (Å²) in [6, 6.07) is 0.778. The molecule has 0 bridgehead atoms. The highest BCUT2D eigenvalue weighted by Crippen LogP contribution is 2.19. The van der Waals surface area contributed by atoms with Crippen LogP contribution in [0.25, 0.3) is 0 Å². The molecule has 0 aliphatic heterocycles. The molecule has 0 unspecified atom stereocenters. The summed E-state index contributed by atoms with van der Waals surface area (Å²) in [7, 11) is -2.63. The monoisotopic (exact) mass is 610 g/mol. The van der Waals surface area contributed by atoms with Crippen molar-refractivity contribution < 1.29 is 37.0 Å². The summed E-state index contributed by atoms with van der Waals surface area (Å²) in [6.07, 6.45) is 17.4. The Bertz CT molecular complexity index is 500. The minimum atomic E-state index is -2.63. The predicted molar refractivity (Wildman–Crippen MR) is 167 cm³/mol. The van der Waals surface area contributed by atoms with E-state index in [0.717, 1.165) is 18.2 Å². The molecule has 1 aliphatic rings. The molecule has 0 saturated heterocycles. The summed E-state index contributed by atoms with van der Waals surface area (Å²) < 4.78 is 46.5. The van der Waals surface area contributed by atoms with Crippen molar-refractivity contribution in [1.82, 2.24) is 0 Å². The third kappa shape index (κ3) is 22.8. The third-order valence-corrected chi connectivity index (χ3v) is 10.3. The molecule has 40 heavy (non-hydrogen) atoms.